The van der Waals surface area contributed by atoms with Crippen LogP contribution in [0.5, 0.6) is 0 Å². The van der Waals surface area contributed by atoms with Gasteiger partial charge in [-0.15, -0.1) is 11.3 Å². The third-order valence-electron chi connectivity index (χ3n) is 3.24. The highest BCUT2D eigenvalue weighted by Crippen LogP contribution is 2.10. The fraction of sp³-hybridized carbons (Fsp3) is 0.583. The van der Waals surface area contributed by atoms with Crippen LogP contribution in [0.2, 0.25) is 0 Å². The van der Waals surface area contributed by atoms with Crippen molar-refractivity contribution in [1.82, 2.24) is 14.8 Å². The molecule has 116 valence electrons. The van der Waals surface area contributed by atoms with Crippen LogP contribution in [0.4, 0.5) is 5.13 Å². The molecular formula is C12H19N5O3S. The molecule has 2 amide bonds. The number of aliphatic hydroxyl groups is 1. The van der Waals surface area contributed by atoms with E-state index in [1.54, 1.807) is 16.5 Å². The number of thiazole rings is 1. The SMILES string of the molecule is N[C@H](CO)C(=O)N1CCN(CC(=O)Nc2nccs2)CC1. The molecule has 8 nitrogen and oxygen atoms in total. The van der Waals surface area contributed by atoms with Crippen molar-refractivity contribution in [3.05, 3.63) is 11.6 Å². The van der Waals surface area contributed by atoms with Gasteiger partial charge in [0.15, 0.2) is 5.13 Å². The summed E-state index contributed by atoms with van der Waals surface area (Å²) in [6.45, 7) is 2.15. The van der Waals surface area contributed by atoms with Crippen molar-refractivity contribution in [3.63, 3.8) is 0 Å². The standard InChI is InChI=1S/C12H19N5O3S/c13-9(8-18)11(20)17-4-2-16(3-5-17)7-10(19)15-12-14-1-6-21-12/h1,6,9,18H,2-5,7-8,13H2,(H,14,15,19)/t9-/m1/s1. The minimum atomic E-state index is -0.857. The number of carbonyl (C=O) groups excluding carboxylic acids is 2. The van der Waals surface area contributed by atoms with Crippen LogP contribution in [0.1, 0.15) is 0 Å². The van der Waals surface area contributed by atoms with Gasteiger partial charge < -0.3 is 21.1 Å². The number of nitrogens with two attached hydrogens (primary N) is 1. The molecule has 0 aliphatic carbocycles. The van der Waals surface area contributed by atoms with Gasteiger partial charge in [-0.3, -0.25) is 14.5 Å². The minimum Gasteiger partial charge on any atom is -0.394 e. The molecule has 2 heterocycles. The summed E-state index contributed by atoms with van der Waals surface area (Å²) in [6.07, 6.45) is 1.63. The maximum absolute atomic E-state index is 11.8. The molecule has 1 aliphatic rings. The number of aliphatic hydroxyl groups excluding tert-OH is 1. The fourth-order valence-electron chi connectivity index (χ4n) is 2.09. The summed E-state index contributed by atoms with van der Waals surface area (Å²) in [7, 11) is 0. The average molecular weight is 313 g/mol. The third-order valence-corrected chi connectivity index (χ3v) is 3.93. The van der Waals surface area contributed by atoms with Crippen LogP contribution in [0.15, 0.2) is 11.6 Å². The molecule has 1 saturated heterocycles. The third kappa shape index (κ3) is 4.46. The number of hydrogen-bond donors (Lipinski definition) is 3. The van der Waals surface area contributed by atoms with Crippen LogP contribution >= 0.6 is 11.3 Å². The zero-order chi connectivity index (χ0) is 15.2. The summed E-state index contributed by atoms with van der Waals surface area (Å²) in [5.74, 6) is -0.360. The zero-order valence-corrected chi connectivity index (χ0v) is 12.4. The van der Waals surface area contributed by atoms with Crippen molar-refractivity contribution in [2.75, 3.05) is 44.6 Å². The quantitative estimate of drug-likeness (QED) is 0.613. The first-order valence-electron chi connectivity index (χ1n) is 6.67. The first kappa shape index (κ1) is 15.8. The molecule has 1 fully saturated rings. The molecule has 9 heteroatoms. The van der Waals surface area contributed by atoms with E-state index in [0.717, 1.165) is 0 Å². The van der Waals surface area contributed by atoms with Gasteiger partial charge in [-0.05, 0) is 0 Å². The Morgan fingerprint density at radius 3 is 2.71 bits per heavy atom. The molecule has 1 aromatic rings. The van der Waals surface area contributed by atoms with Crippen molar-refractivity contribution < 1.29 is 14.7 Å². The summed E-state index contributed by atoms with van der Waals surface area (Å²) < 4.78 is 0. The van der Waals surface area contributed by atoms with Crippen LogP contribution in [-0.2, 0) is 9.59 Å². The molecule has 21 heavy (non-hydrogen) atoms. The second kappa shape index (κ2) is 7.46. The van der Waals surface area contributed by atoms with E-state index in [0.29, 0.717) is 31.3 Å². The Morgan fingerprint density at radius 2 is 2.14 bits per heavy atom. The molecule has 0 spiro atoms. The van der Waals surface area contributed by atoms with Crippen molar-refractivity contribution in [2.45, 2.75) is 6.04 Å². The van der Waals surface area contributed by atoms with E-state index < -0.39 is 6.04 Å². The monoisotopic (exact) mass is 313 g/mol. The Bertz CT molecular complexity index is 473. The number of nitrogens with one attached hydrogen (secondary N) is 1. The van der Waals surface area contributed by atoms with E-state index in [9.17, 15) is 9.59 Å². The molecule has 1 atom stereocenters. The predicted octanol–water partition coefficient (Wildman–Crippen LogP) is -1.45. The van der Waals surface area contributed by atoms with Gasteiger partial charge in [-0.2, -0.15) is 0 Å². The summed E-state index contributed by atoms with van der Waals surface area (Å²) in [5, 5.41) is 14.0. The van der Waals surface area contributed by atoms with Crippen LogP contribution in [-0.4, -0.2) is 77.1 Å². The fourth-order valence-corrected chi connectivity index (χ4v) is 2.63. The number of carbonyl (C=O) groups is 2. The van der Waals surface area contributed by atoms with Gasteiger partial charge in [0.2, 0.25) is 11.8 Å². The Hall–Kier alpha value is -1.55. The molecule has 2 rings (SSSR count). The van der Waals surface area contributed by atoms with E-state index >= 15 is 0 Å². The molecule has 0 aromatic carbocycles. The summed E-state index contributed by atoms with van der Waals surface area (Å²) in [5.41, 5.74) is 5.51. The Kier molecular flexibility index (Phi) is 5.62. The predicted molar refractivity (Wildman–Crippen MR) is 78.8 cm³/mol. The highest BCUT2D eigenvalue weighted by molar-refractivity contribution is 7.13. The lowest BCUT2D eigenvalue weighted by Gasteiger charge is -2.35. The van der Waals surface area contributed by atoms with Crippen molar-refractivity contribution in [1.29, 1.82) is 0 Å². The topological polar surface area (TPSA) is 112 Å². The van der Waals surface area contributed by atoms with E-state index in [2.05, 4.69) is 10.3 Å². The van der Waals surface area contributed by atoms with Crippen molar-refractivity contribution in [3.8, 4) is 0 Å². The minimum absolute atomic E-state index is 0.114. The summed E-state index contributed by atoms with van der Waals surface area (Å²) in [6, 6.07) is -0.857. The zero-order valence-electron chi connectivity index (χ0n) is 11.6. The van der Waals surface area contributed by atoms with Gasteiger partial charge in [-0.25, -0.2) is 4.98 Å². The van der Waals surface area contributed by atoms with Gasteiger partial charge >= 0.3 is 0 Å². The molecule has 0 radical (unpaired) electrons. The van der Waals surface area contributed by atoms with Gasteiger partial charge in [-0.1, -0.05) is 0 Å². The number of piperazine rings is 1. The Morgan fingerprint density at radius 1 is 1.43 bits per heavy atom. The lowest BCUT2D eigenvalue weighted by Crippen LogP contribution is -2.54. The Labute approximate surface area is 126 Å². The average Bonchev–Trinajstić information content (AvgIpc) is 2.99. The highest BCUT2D eigenvalue weighted by Gasteiger charge is 2.25. The molecule has 0 unspecified atom stereocenters. The van der Waals surface area contributed by atoms with Crippen molar-refractivity contribution >= 4 is 28.3 Å². The van der Waals surface area contributed by atoms with Gasteiger partial charge in [0, 0.05) is 37.8 Å². The van der Waals surface area contributed by atoms with Crippen LogP contribution in [0, 0.1) is 0 Å². The number of rotatable bonds is 5. The van der Waals surface area contributed by atoms with E-state index in [-0.39, 0.29) is 25.0 Å². The lowest BCUT2D eigenvalue weighted by atomic mass is 10.2. The maximum Gasteiger partial charge on any atom is 0.241 e. The highest BCUT2D eigenvalue weighted by atomic mass is 32.1. The number of anilines is 1. The second-order valence-electron chi connectivity index (χ2n) is 4.78. The first-order valence-corrected chi connectivity index (χ1v) is 7.55. The maximum atomic E-state index is 11.8. The van der Waals surface area contributed by atoms with Crippen molar-refractivity contribution in [2.24, 2.45) is 5.73 Å². The number of nitrogens with zero attached hydrogens (tertiary/aromatic N) is 3. The second-order valence-corrected chi connectivity index (χ2v) is 5.67. The molecule has 1 aliphatic heterocycles. The smallest absolute Gasteiger partial charge is 0.241 e. The number of aromatic nitrogens is 1. The number of amides is 2. The largest absolute Gasteiger partial charge is 0.394 e. The normalized spacial score (nSPS) is 17.5. The molecule has 0 bridgehead atoms. The first-order chi connectivity index (χ1) is 10.1. The van der Waals surface area contributed by atoms with Gasteiger partial charge in [0.25, 0.3) is 0 Å². The lowest BCUT2D eigenvalue weighted by molar-refractivity contribution is -0.135. The molecule has 0 saturated carbocycles. The van der Waals surface area contributed by atoms with Crippen LogP contribution in [0.3, 0.4) is 0 Å². The van der Waals surface area contributed by atoms with E-state index in [4.69, 9.17) is 10.8 Å². The van der Waals surface area contributed by atoms with Crippen LogP contribution < -0.4 is 11.1 Å². The summed E-state index contributed by atoms with van der Waals surface area (Å²) >= 11 is 1.37. The van der Waals surface area contributed by atoms with Gasteiger partial charge in [0.1, 0.15) is 6.04 Å². The van der Waals surface area contributed by atoms with E-state index in [1.165, 1.54) is 11.3 Å². The van der Waals surface area contributed by atoms with Gasteiger partial charge in [0.05, 0.1) is 13.2 Å². The van der Waals surface area contributed by atoms with E-state index in [1.807, 2.05) is 4.90 Å². The molecule has 4 N–H and O–H groups in total. The van der Waals surface area contributed by atoms with Crippen LogP contribution in [0.25, 0.3) is 0 Å². The number of hydrogen-bond acceptors (Lipinski definition) is 7. The Balaban J connectivity index is 1.74. The summed E-state index contributed by atoms with van der Waals surface area (Å²) in [4.78, 5) is 31.2. The molecule has 1 aromatic heterocycles. The molecular weight excluding hydrogens is 294 g/mol.